The Hall–Kier alpha value is -3.62. The van der Waals surface area contributed by atoms with Gasteiger partial charge in [0, 0.05) is 17.3 Å². The summed E-state index contributed by atoms with van der Waals surface area (Å²) in [6, 6.07) is 10.5. The number of oxazole rings is 1. The zero-order valence-electron chi connectivity index (χ0n) is 13.2. The lowest BCUT2D eigenvalue weighted by Gasteiger charge is -2.03. The van der Waals surface area contributed by atoms with Gasteiger partial charge in [-0.3, -0.25) is 4.79 Å². The maximum atomic E-state index is 12.2. The van der Waals surface area contributed by atoms with E-state index in [1.807, 2.05) is 0 Å². The number of fused-ring (bicyclic) bond motifs is 1. The molecular formula is C16H13N7O2. The number of benzene rings is 1. The molecule has 0 atom stereocenters. The summed E-state index contributed by atoms with van der Waals surface area (Å²) in [6.45, 7) is 0.183. The summed E-state index contributed by atoms with van der Waals surface area (Å²) >= 11 is 0. The first kappa shape index (κ1) is 14.9. The van der Waals surface area contributed by atoms with Crippen LogP contribution in [0.5, 0.6) is 0 Å². The predicted octanol–water partition coefficient (Wildman–Crippen LogP) is 1.34. The predicted molar refractivity (Wildman–Crippen MR) is 87.2 cm³/mol. The second kappa shape index (κ2) is 6.11. The molecule has 0 bridgehead atoms. The van der Waals surface area contributed by atoms with Crippen LogP contribution in [-0.4, -0.2) is 36.1 Å². The van der Waals surface area contributed by atoms with Gasteiger partial charge in [0.15, 0.2) is 11.2 Å². The van der Waals surface area contributed by atoms with Crippen LogP contribution in [0.1, 0.15) is 16.2 Å². The third kappa shape index (κ3) is 3.07. The lowest BCUT2D eigenvalue weighted by atomic mass is 10.1. The van der Waals surface area contributed by atoms with Gasteiger partial charge in [-0.25, -0.2) is 4.98 Å². The Morgan fingerprint density at radius 1 is 1.24 bits per heavy atom. The van der Waals surface area contributed by atoms with E-state index >= 15 is 0 Å². The SMILES string of the molecule is Cn1nnc(-c2ccc(C(=O)NCc3nc4ncccc4o3)cc2)n1. The van der Waals surface area contributed by atoms with Gasteiger partial charge in [-0.15, -0.1) is 10.2 Å². The molecule has 4 rings (SSSR count). The van der Waals surface area contributed by atoms with Crippen LogP contribution in [0.2, 0.25) is 0 Å². The number of nitrogens with zero attached hydrogens (tertiary/aromatic N) is 6. The summed E-state index contributed by atoms with van der Waals surface area (Å²) < 4.78 is 5.52. The topological polar surface area (TPSA) is 112 Å². The Kier molecular flexibility index (Phi) is 3.65. The quantitative estimate of drug-likeness (QED) is 0.599. The van der Waals surface area contributed by atoms with Crippen LogP contribution in [0.25, 0.3) is 22.6 Å². The molecule has 0 radical (unpaired) electrons. The lowest BCUT2D eigenvalue weighted by Crippen LogP contribution is -2.22. The Labute approximate surface area is 141 Å². The van der Waals surface area contributed by atoms with Crippen molar-refractivity contribution in [3.63, 3.8) is 0 Å². The number of pyridine rings is 1. The highest BCUT2D eigenvalue weighted by molar-refractivity contribution is 5.94. The van der Waals surface area contributed by atoms with E-state index < -0.39 is 0 Å². The van der Waals surface area contributed by atoms with E-state index in [4.69, 9.17) is 4.42 Å². The molecule has 0 spiro atoms. The fourth-order valence-electron chi connectivity index (χ4n) is 2.32. The van der Waals surface area contributed by atoms with Gasteiger partial charge in [0.25, 0.3) is 5.91 Å². The molecule has 3 aromatic heterocycles. The molecule has 0 aliphatic rings. The number of tetrazole rings is 1. The third-order valence-electron chi connectivity index (χ3n) is 3.52. The summed E-state index contributed by atoms with van der Waals surface area (Å²) in [5, 5.41) is 14.6. The average molecular weight is 335 g/mol. The van der Waals surface area contributed by atoms with Crippen molar-refractivity contribution in [1.29, 1.82) is 0 Å². The van der Waals surface area contributed by atoms with Gasteiger partial charge in [-0.05, 0) is 29.5 Å². The number of hydrogen-bond donors (Lipinski definition) is 1. The highest BCUT2D eigenvalue weighted by Crippen LogP contribution is 2.15. The summed E-state index contributed by atoms with van der Waals surface area (Å²) in [5.41, 5.74) is 2.41. The molecule has 25 heavy (non-hydrogen) atoms. The van der Waals surface area contributed by atoms with E-state index in [2.05, 4.69) is 30.7 Å². The smallest absolute Gasteiger partial charge is 0.251 e. The van der Waals surface area contributed by atoms with Crippen LogP contribution in [0, 0.1) is 0 Å². The first-order chi connectivity index (χ1) is 12.2. The van der Waals surface area contributed by atoms with E-state index in [-0.39, 0.29) is 12.5 Å². The van der Waals surface area contributed by atoms with E-state index in [1.165, 1.54) is 4.80 Å². The van der Waals surface area contributed by atoms with Crippen molar-refractivity contribution < 1.29 is 9.21 Å². The first-order valence-electron chi connectivity index (χ1n) is 7.52. The fourth-order valence-corrected chi connectivity index (χ4v) is 2.32. The molecule has 0 aliphatic heterocycles. The van der Waals surface area contributed by atoms with Gasteiger partial charge in [-0.2, -0.15) is 9.78 Å². The Balaban J connectivity index is 1.43. The van der Waals surface area contributed by atoms with Gasteiger partial charge in [0.1, 0.15) is 0 Å². The van der Waals surface area contributed by atoms with Crippen LogP contribution in [0.4, 0.5) is 0 Å². The number of carbonyl (C=O) groups is 1. The van der Waals surface area contributed by atoms with Crippen molar-refractivity contribution in [3.8, 4) is 11.4 Å². The monoisotopic (exact) mass is 335 g/mol. The largest absolute Gasteiger partial charge is 0.437 e. The summed E-state index contributed by atoms with van der Waals surface area (Å²) in [5.74, 6) is 0.685. The van der Waals surface area contributed by atoms with Gasteiger partial charge in [-0.1, -0.05) is 12.1 Å². The van der Waals surface area contributed by atoms with Gasteiger partial charge >= 0.3 is 0 Å². The molecule has 0 saturated carbocycles. The van der Waals surface area contributed by atoms with Gasteiger partial charge < -0.3 is 9.73 Å². The van der Waals surface area contributed by atoms with Crippen molar-refractivity contribution in [2.45, 2.75) is 6.54 Å². The molecule has 0 aliphatic carbocycles. The molecule has 1 amide bonds. The maximum absolute atomic E-state index is 12.2. The normalized spacial score (nSPS) is 10.9. The van der Waals surface area contributed by atoms with Crippen molar-refractivity contribution in [2.24, 2.45) is 7.05 Å². The summed E-state index contributed by atoms with van der Waals surface area (Å²) in [6.07, 6.45) is 1.64. The Morgan fingerprint density at radius 3 is 2.80 bits per heavy atom. The van der Waals surface area contributed by atoms with Crippen molar-refractivity contribution in [2.75, 3.05) is 0 Å². The summed E-state index contributed by atoms with van der Waals surface area (Å²) in [4.78, 5) is 21.9. The molecule has 4 aromatic rings. The highest BCUT2D eigenvalue weighted by atomic mass is 16.3. The van der Waals surface area contributed by atoms with Crippen LogP contribution in [0.3, 0.4) is 0 Å². The number of rotatable bonds is 4. The van der Waals surface area contributed by atoms with E-state index in [0.717, 1.165) is 5.56 Å². The summed E-state index contributed by atoms with van der Waals surface area (Å²) in [7, 11) is 1.69. The molecule has 3 heterocycles. The average Bonchev–Trinajstić information content (AvgIpc) is 3.25. The highest BCUT2D eigenvalue weighted by Gasteiger charge is 2.11. The van der Waals surface area contributed by atoms with Crippen molar-refractivity contribution in [3.05, 3.63) is 54.0 Å². The first-order valence-corrected chi connectivity index (χ1v) is 7.52. The molecule has 0 unspecified atom stereocenters. The number of aromatic nitrogens is 6. The minimum absolute atomic E-state index is 0.183. The number of nitrogens with one attached hydrogen (secondary N) is 1. The Morgan fingerprint density at radius 2 is 2.08 bits per heavy atom. The minimum atomic E-state index is -0.228. The maximum Gasteiger partial charge on any atom is 0.251 e. The lowest BCUT2D eigenvalue weighted by molar-refractivity contribution is 0.0947. The molecule has 1 N–H and O–H groups in total. The molecule has 9 heteroatoms. The molecular weight excluding hydrogens is 322 g/mol. The fraction of sp³-hybridized carbons (Fsp3) is 0.125. The standard InChI is InChI=1S/C16H13N7O2/c1-23-21-14(20-22-23)10-4-6-11(7-5-10)16(24)18-9-13-19-15-12(25-13)3-2-8-17-15/h2-8H,9H2,1H3,(H,18,24). The number of aryl methyl sites for hydroxylation is 1. The van der Waals surface area contributed by atoms with Gasteiger partial charge in [0.05, 0.1) is 13.6 Å². The van der Waals surface area contributed by atoms with E-state index in [0.29, 0.717) is 28.5 Å². The molecule has 9 nitrogen and oxygen atoms in total. The number of amides is 1. The number of carbonyl (C=O) groups excluding carboxylic acids is 1. The van der Waals surface area contributed by atoms with E-state index in [9.17, 15) is 4.79 Å². The van der Waals surface area contributed by atoms with Crippen LogP contribution >= 0.6 is 0 Å². The second-order valence-corrected chi connectivity index (χ2v) is 5.30. The number of hydrogen-bond acceptors (Lipinski definition) is 7. The molecule has 0 saturated heterocycles. The second-order valence-electron chi connectivity index (χ2n) is 5.30. The molecule has 1 aromatic carbocycles. The van der Waals surface area contributed by atoms with Crippen LogP contribution in [0.15, 0.2) is 47.0 Å². The third-order valence-corrected chi connectivity index (χ3v) is 3.52. The zero-order valence-corrected chi connectivity index (χ0v) is 13.2. The van der Waals surface area contributed by atoms with E-state index in [1.54, 1.807) is 49.6 Å². The molecule has 0 fully saturated rings. The van der Waals surface area contributed by atoms with Crippen molar-refractivity contribution in [1.82, 2.24) is 35.5 Å². The van der Waals surface area contributed by atoms with Gasteiger partial charge in [0.2, 0.25) is 11.7 Å². The van der Waals surface area contributed by atoms with Crippen molar-refractivity contribution >= 4 is 17.1 Å². The molecule has 124 valence electrons. The minimum Gasteiger partial charge on any atom is -0.437 e. The Bertz CT molecular complexity index is 1000. The van der Waals surface area contributed by atoms with Crippen LogP contribution < -0.4 is 5.32 Å². The van der Waals surface area contributed by atoms with Crippen LogP contribution in [-0.2, 0) is 13.6 Å². The zero-order chi connectivity index (χ0) is 17.2.